The lowest BCUT2D eigenvalue weighted by molar-refractivity contribution is -0.140. The molecule has 1 aromatic carbocycles. The Kier molecular flexibility index (Phi) is 3.62. The van der Waals surface area contributed by atoms with Crippen molar-refractivity contribution in [3.8, 4) is 0 Å². The fraction of sp³-hybridized carbons (Fsp3) is 0.385. The van der Waals surface area contributed by atoms with Gasteiger partial charge in [-0.2, -0.15) is 0 Å². The lowest BCUT2D eigenvalue weighted by atomic mass is 10.1. The largest absolute Gasteiger partial charge is 0.469 e. The summed E-state index contributed by atoms with van der Waals surface area (Å²) in [5.41, 5.74) is 2.87. The molecule has 1 amide bonds. The van der Waals surface area contributed by atoms with Crippen LogP contribution in [0.15, 0.2) is 18.2 Å². The lowest BCUT2D eigenvalue weighted by Crippen LogP contribution is -2.29. The predicted molar refractivity (Wildman–Crippen MR) is 67.2 cm³/mol. The quantitative estimate of drug-likeness (QED) is 0.784. The molecule has 0 aromatic heterocycles. The van der Waals surface area contributed by atoms with Crippen LogP contribution in [0, 0.1) is 6.92 Å². The number of esters is 1. The molecule has 0 saturated carbocycles. The van der Waals surface area contributed by atoms with E-state index >= 15 is 0 Å². The molecule has 18 heavy (non-hydrogen) atoms. The number of amides is 1. The first kappa shape index (κ1) is 12.6. The number of rotatable bonds is 4. The molecule has 1 unspecified atom stereocenters. The van der Waals surface area contributed by atoms with Gasteiger partial charge in [0.2, 0.25) is 5.91 Å². The Hall–Kier alpha value is -1.88. The van der Waals surface area contributed by atoms with Crippen molar-refractivity contribution in [1.29, 1.82) is 0 Å². The SMILES string of the molecule is COC(=O)CCNC1C(=O)Nc2ccc(C)cc21. The number of hydrogen-bond donors (Lipinski definition) is 2. The van der Waals surface area contributed by atoms with Crippen molar-refractivity contribution in [2.45, 2.75) is 19.4 Å². The minimum absolute atomic E-state index is 0.0829. The number of hydrogen-bond acceptors (Lipinski definition) is 4. The molecule has 0 aliphatic carbocycles. The molecule has 96 valence electrons. The van der Waals surface area contributed by atoms with Crippen LogP contribution in [0.25, 0.3) is 0 Å². The molecule has 1 aliphatic heterocycles. The minimum Gasteiger partial charge on any atom is -0.469 e. The monoisotopic (exact) mass is 248 g/mol. The zero-order chi connectivity index (χ0) is 13.1. The highest BCUT2D eigenvalue weighted by Crippen LogP contribution is 2.31. The van der Waals surface area contributed by atoms with Crippen LogP contribution < -0.4 is 10.6 Å². The molecule has 1 aliphatic rings. The topological polar surface area (TPSA) is 67.4 Å². The third-order valence-electron chi connectivity index (χ3n) is 2.94. The van der Waals surface area contributed by atoms with Crippen LogP contribution in [0.3, 0.4) is 0 Å². The summed E-state index contributed by atoms with van der Waals surface area (Å²) in [5, 5.41) is 5.88. The van der Waals surface area contributed by atoms with Crippen molar-refractivity contribution in [3.05, 3.63) is 29.3 Å². The Morgan fingerprint density at radius 1 is 1.50 bits per heavy atom. The molecule has 0 fully saturated rings. The second-order valence-electron chi connectivity index (χ2n) is 4.29. The summed E-state index contributed by atoms with van der Waals surface area (Å²) in [6.07, 6.45) is 0.251. The number of nitrogens with one attached hydrogen (secondary N) is 2. The first-order valence-corrected chi connectivity index (χ1v) is 5.83. The van der Waals surface area contributed by atoms with Crippen molar-refractivity contribution in [3.63, 3.8) is 0 Å². The van der Waals surface area contributed by atoms with E-state index < -0.39 is 0 Å². The number of carbonyl (C=O) groups is 2. The molecule has 1 atom stereocenters. The predicted octanol–water partition coefficient (Wildman–Crippen LogP) is 1.14. The smallest absolute Gasteiger partial charge is 0.306 e. The van der Waals surface area contributed by atoms with Gasteiger partial charge in [0, 0.05) is 17.8 Å². The van der Waals surface area contributed by atoms with Crippen LogP contribution in [0.1, 0.15) is 23.6 Å². The molecule has 1 aromatic rings. The van der Waals surface area contributed by atoms with E-state index in [0.29, 0.717) is 6.54 Å². The van der Waals surface area contributed by atoms with E-state index in [2.05, 4.69) is 15.4 Å². The third kappa shape index (κ3) is 2.51. The molecule has 2 rings (SSSR count). The van der Waals surface area contributed by atoms with Crippen LogP contribution in [0.2, 0.25) is 0 Å². The van der Waals surface area contributed by atoms with Gasteiger partial charge in [0.1, 0.15) is 6.04 Å². The average molecular weight is 248 g/mol. The maximum absolute atomic E-state index is 11.8. The highest BCUT2D eigenvalue weighted by Gasteiger charge is 2.29. The summed E-state index contributed by atoms with van der Waals surface area (Å²) in [4.78, 5) is 22.8. The second kappa shape index (κ2) is 5.18. The Morgan fingerprint density at radius 3 is 3.00 bits per heavy atom. The number of aryl methyl sites for hydroxylation is 1. The zero-order valence-corrected chi connectivity index (χ0v) is 10.4. The van der Waals surface area contributed by atoms with Gasteiger partial charge in [-0.05, 0) is 13.0 Å². The fourth-order valence-electron chi connectivity index (χ4n) is 2.00. The van der Waals surface area contributed by atoms with Gasteiger partial charge in [0.25, 0.3) is 0 Å². The number of fused-ring (bicyclic) bond motifs is 1. The molecule has 0 radical (unpaired) electrons. The molecular formula is C13H16N2O3. The van der Waals surface area contributed by atoms with Crippen LogP contribution in [-0.4, -0.2) is 25.5 Å². The fourth-order valence-corrected chi connectivity index (χ4v) is 2.00. The van der Waals surface area contributed by atoms with E-state index in [1.54, 1.807) is 0 Å². The van der Waals surface area contributed by atoms with Crippen molar-refractivity contribution < 1.29 is 14.3 Å². The van der Waals surface area contributed by atoms with Gasteiger partial charge >= 0.3 is 5.97 Å². The number of anilines is 1. The van der Waals surface area contributed by atoms with E-state index in [-0.39, 0.29) is 24.3 Å². The summed E-state index contributed by atoms with van der Waals surface area (Å²) in [7, 11) is 1.35. The van der Waals surface area contributed by atoms with Gasteiger partial charge in [0.05, 0.1) is 13.5 Å². The summed E-state index contributed by atoms with van der Waals surface area (Å²) >= 11 is 0. The maximum atomic E-state index is 11.8. The zero-order valence-electron chi connectivity index (χ0n) is 10.4. The van der Waals surface area contributed by atoms with Crippen LogP contribution >= 0.6 is 0 Å². The highest BCUT2D eigenvalue weighted by atomic mass is 16.5. The van der Waals surface area contributed by atoms with Gasteiger partial charge in [-0.25, -0.2) is 0 Å². The number of carbonyl (C=O) groups excluding carboxylic acids is 2. The first-order valence-electron chi connectivity index (χ1n) is 5.83. The number of ether oxygens (including phenoxy) is 1. The van der Waals surface area contributed by atoms with Gasteiger partial charge < -0.3 is 15.4 Å². The van der Waals surface area contributed by atoms with E-state index in [9.17, 15) is 9.59 Å². The van der Waals surface area contributed by atoms with Crippen LogP contribution in [-0.2, 0) is 14.3 Å². The summed E-state index contributed by atoms with van der Waals surface area (Å²) in [6.45, 7) is 2.40. The summed E-state index contributed by atoms with van der Waals surface area (Å²) < 4.78 is 4.55. The lowest BCUT2D eigenvalue weighted by Gasteiger charge is -2.11. The van der Waals surface area contributed by atoms with Gasteiger partial charge in [0.15, 0.2) is 0 Å². The van der Waals surface area contributed by atoms with Gasteiger partial charge in [-0.15, -0.1) is 0 Å². The van der Waals surface area contributed by atoms with Crippen molar-refractivity contribution in [1.82, 2.24) is 5.32 Å². The Labute approximate surface area is 106 Å². The Bertz CT molecular complexity index is 485. The minimum atomic E-state index is -0.385. The Morgan fingerprint density at radius 2 is 2.28 bits per heavy atom. The van der Waals surface area contributed by atoms with Gasteiger partial charge in [-0.3, -0.25) is 9.59 Å². The van der Waals surface area contributed by atoms with Crippen LogP contribution in [0.4, 0.5) is 5.69 Å². The normalized spacial score (nSPS) is 17.2. The van der Waals surface area contributed by atoms with E-state index in [1.807, 2.05) is 25.1 Å². The van der Waals surface area contributed by atoms with Crippen LogP contribution in [0.5, 0.6) is 0 Å². The second-order valence-corrected chi connectivity index (χ2v) is 4.29. The standard InChI is InChI=1S/C13H16N2O3/c1-8-3-4-10-9(7-8)12(13(17)15-10)14-6-5-11(16)18-2/h3-4,7,12,14H,5-6H2,1-2H3,(H,15,17). The first-order chi connectivity index (χ1) is 8.61. The molecule has 0 saturated heterocycles. The van der Waals surface area contributed by atoms with E-state index in [0.717, 1.165) is 16.8 Å². The maximum Gasteiger partial charge on any atom is 0.306 e. The highest BCUT2D eigenvalue weighted by molar-refractivity contribution is 6.02. The summed E-state index contributed by atoms with van der Waals surface area (Å²) in [6, 6.07) is 5.44. The molecule has 1 heterocycles. The molecule has 0 spiro atoms. The Balaban J connectivity index is 2.04. The van der Waals surface area contributed by atoms with Crippen molar-refractivity contribution >= 4 is 17.6 Å². The summed E-state index contributed by atoms with van der Waals surface area (Å²) in [5.74, 6) is -0.370. The molecular weight excluding hydrogens is 232 g/mol. The number of methoxy groups -OCH3 is 1. The van der Waals surface area contributed by atoms with Crippen molar-refractivity contribution in [2.24, 2.45) is 0 Å². The van der Waals surface area contributed by atoms with Gasteiger partial charge in [-0.1, -0.05) is 17.7 Å². The molecule has 0 bridgehead atoms. The number of benzene rings is 1. The van der Waals surface area contributed by atoms with E-state index in [1.165, 1.54) is 7.11 Å². The third-order valence-corrected chi connectivity index (χ3v) is 2.94. The average Bonchev–Trinajstić information content (AvgIpc) is 2.65. The van der Waals surface area contributed by atoms with Crippen molar-refractivity contribution in [2.75, 3.05) is 19.0 Å². The molecule has 5 heteroatoms. The molecule has 2 N–H and O–H groups in total. The van der Waals surface area contributed by atoms with E-state index in [4.69, 9.17) is 0 Å². The molecule has 5 nitrogen and oxygen atoms in total.